The van der Waals surface area contributed by atoms with E-state index in [1.165, 1.54) is 11.8 Å². The van der Waals surface area contributed by atoms with Gasteiger partial charge in [0.25, 0.3) is 0 Å². The summed E-state index contributed by atoms with van der Waals surface area (Å²) in [5.74, 6) is 1.32. The van der Waals surface area contributed by atoms with Crippen LogP contribution in [-0.2, 0) is 11.3 Å². The van der Waals surface area contributed by atoms with Gasteiger partial charge in [-0.2, -0.15) is 0 Å². The number of aryl methyl sites for hydroxylation is 2. The van der Waals surface area contributed by atoms with Crippen molar-refractivity contribution >= 4 is 35.0 Å². The maximum absolute atomic E-state index is 12.4. The highest BCUT2D eigenvalue weighted by Gasteiger charge is 2.20. The first-order valence-corrected chi connectivity index (χ1v) is 11.2. The van der Waals surface area contributed by atoms with Crippen LogP contribution in [0.2, 0.25) is 5.02 Å². The lowest BCUT2D eigenvalue weighted by atomic mass is 10.1. The minimum absolute atomic E-state index is 0.106. The van der Waals surface area contributed by atoms with Crippen LogP contribution in [0.4, 0.5) is 5.69 Å². The molecule has 0 fully saturated rings. The number of amides is 1. The molecule has 0 aliphatic rings. The van der Waals surface area contributed by atoms with E-state index in [1.807, 2.05) is 49.6 Å². The maximum Gasteiger partial charge on any atom is 0.234 e. The van der Waals surface area contributed by atoms with Crippen molar-refractivity contribution in [2.24, 2.45) is 0 Å². The Morgan fingerprint density at radius 3 is 2.65 bits per heavy atom. The number of hydrogen-bond donors (Lipinski definition) is 1. The number of hydrogen-bond acceptors (Lipinski definition) is 5. The zero-order chi connectivity index (χ0) is 22.4. The Labute approximate surface area is 191 Å². The highest BCUT2D eigenvalue weighted by atomic mass is 35.5. The Balaban J connectivity index is 1.68. The summed E-state index contributed by atoms with van der Waals surface area (Å²) < 4.78 is 7.87. The molecule has 2 aromatic carbocycles. The number of thioether (sulfide) groups is 1. The average Bonchev–Trinajstić information content (AvgIpc) is 3.10. The lowest BCUT2D eigenvalue weighted by Crippen LogP contribution is -2.15. The molecule has 1 aromatic heterocycles. The predicted molar refractivity (Wildman–Crippen MR) is 126 cm³/mol. The highest BCUT2D eigenvalue weighted by molar-refractivity contribution is 7.99. The molecule has 6 nitrogen and oxygen atoms in total. The standard InChI is InChI=1S/C23H25ClN4O2S/c1-5-10-28-22(17(4)30-20-9-7-6-8-19(20)24)26-27-23(28)31-14-21(29)25-18-12-15(2)11-16(3)13-18/h5-9,11-13,17H,1,10,14H2,2-4H3,(H,25,29). The molecule has 1 unspecified atom stereocenters. The highest BCUT2D eigenvalue weighted by Crippen LogP contribution is 2.29. The second-order valence-corrected chi connectivity index (χ2v) is 8.49. The van der Waals surface area contributed by atoms with Crippen LogP contribution < -0.4 is 10.1 Å². The number of benzene rings is 2. The summed E-state index contributed by atoms with van der Waals surface area (Å²) in [6.07, 6.45) is 1.38. The maximum atomic E-state index is 12.4. The summed E-state index contributed by atoms with van der Waals surface area (Å²) in [5, 5.41) is 12.6. The molecule has 1 N–H and O–H groups in total. The smallest absolute Gasteiger partial charge is 0.234 e. The van der Waals surface area contributed by atoms with E-state index in [0.717, 1.165) is 16.8 Å². The first-order chi connectivity index (χ1) is 14.9. The van der Waals surface area contributed by atoms with Gasteiger partial charge in [0.15, 0.2) is 17.1 Å². The molecular weight excluding hydrogens is 432 g/mol. The van der Waals surface area contributed by atoms with Gasteiger partial charge in [-0.05, 0) is 56.2 Å². The van der Waals surface area contributed by atoms with Crippen LogP contribution in [0.1, 0.15) is 30.0 Å². The summed E-state index contributed by atoms with van der Waals surface area (Å²) in [7, 11) is 0. The molecular formula is C23H25ClN4O2S. The van der Waals surface area contributed by atoms with Gasteiger partial charge in [0.2, 0.25) is 5.91 Å². The molecule has 0 saturated carbocycles. The number of nitrogens with zero attached hydrogens (tertiary/aromatic N) is 3. The van der Waals surface area contributed by atoms with Gasteiger partial charge in [-0.25, -0.2) is 0 Å². The normalized spacial score (nSPS) is 11.7. The van der Waals surface area contributed by atoms with Crippen LogP contribution >= 0.6 is 23.4 Å². The molecule has 8 heteroatoms. The lowest BCUT2D eigenvalue weighted by molar-refractivity contribution is -0.113. The fraction of sp³-hybridized carbons (Fsp3) is 0.261. The number of carbonyl (C=O) groups excluding carboxylic acids is 1. The van der Waals surface area contributed by atoms with Crippen molar-refractivity contribution in [3.05, 3.63) is 77.1 Å². The van der Waals surface area contributed by atoms with Crippen molar-refractivity contribution in [1.82, 2.24) is 14.8 Å². The molecule has 0 radical (unpaired) electrons. The molecule has 0 bridgehead atoms. The largest absolute Gasteiger partial charge is 0.481 e. The van der Waals surface area contributed by atoms with Crippen LogP contribution in [0, 0.1) is 13.8 Å². The van der Waals surface area contributed by atoms with E-state index < -0.39 is 0 Å². The average molecular weight is 457 g/mol. The van der Waals surface area contributed by atoms with Gasteiger partial charge in [-0.15, -0.1) is 16.8 Å². The van der Waals surface area contributed by atoms with E-state index in [1.54, 1.807) is 18.2 Å². The van der Waals surface area contributed by atoms with E-state index in [0.29, 0.717) is 28.3 Å². The van der Waals surface area contributed by atoms with Gasteiger partial charge in [-0.3, -0.25) is 9.36 Å². The van der Waals surface area contributed by atoms with Gasteiger partial charge in [0.1, 0.15) is 5.75 Å². The number of anilines is 1. The third-order valence-corrected chi connectivity index (χ3v) is 5.68. The molecule has 0 spiro atoms. The van der Waals surface area contributed by atoms with Gasteiger partial charge < -0.3 is 10.1 Å². The predicted octanol–water partition coefficient (Wildman–Crippen LogP) is 5.61. The number of allylic oxidation sites excluding steroid dienone is 1. The van der Waals surface area contributed by atoms with E-state index in [4.69, 9.17) is 16.3 Å². The van der Waals surface area contributed by atoms with E-state index >= 15 is 0 Å². The summed E-state index contributed by atoms with van der Waals surface area (Å²) in [6.45, 7) is 10.2. The van der Waals surface area contributed by atoms with Gasteiger partial charge in [0.05, 0.1) is 10.8 Å². The van der Waals surface area contributed by atoms with E-state index in [-0.39, 0.29) is 17.8 Å². The summed E-state index contributed by atoms with van der Waals surface area (Å²) in [5.41, 5.74) is 3.00. The number of nitrogens with one attached hydrogen (secondary N) is 1. The van der Waals surface area contributed by atoms with Crippen molar-refractivity contribution in [3.63, 3.8) is 0 Å². The number of rotatable bonds is 9. The second kappa shape index (κ2) is 10.5. The number of ether oxygens (including phenoxy) is 1. The number of para-hydroxylation sites is 1. The molecule has 1 amide bonds. The van der Waals surface area contributed by atoms with Crippen LogP contribution in [0.5, 0.6) is 5.75 Å². The van der Waals surface area contributed by atoms with Gasteiger partial charge in [0, 0.05) is 12.2 Å². The van der Waals surface area contributed by atoms with Crippen LogP contribution in [0.15, 0.2) is 60.3 Å². The molecule has 3 aromatic rings. The fourth-order valence-electron chi connectivity index (χ4n) is 3.17. The van der Waals surface area contributed by atoms with Crippen LogP contribution in [0.3, 0.4) is 0 Å². The molecule has 31 heavy (non-hydrogen) atoms. The summed E-state index contributed by atoms with van der Waals surface area (Å²) in [4.78, 5) is 12.4. The lowest BCUT2D eigenvalue weighted by Gasteiger charge is -2.16. The molecule has 162 valence electrons. The third kappa shape index (κ3) is 6.12. The molecule has 3 rings (SSSR count). The monoisotopic (exact) mass is 456 g/mol. The minimum atomic E-state index is -0.384. The zero-order valence-corrected chi connectivity index (χ0v) is 19.3. The number of carbonyl (C=O) groups is 1. The Morgan fingerprint density at radius 2 is 1.97 bits per heavy atom. The van der Waals surface area contributed by atoms with E-state index in [2.05, 4.69) is 28.2 Å². The van der Waals surface area contributed by atoms with Crippen molar-refractivity contribution in [1.29, 1.82) is 0 Å². The van der Waals surface area contributed by atoms with Crippen molar-refractivity contribution in [3.8, 4) is 5.75 Å². The molecule has 0 saturated heterocycles. The number of aromatic nitrogens is 3. The Bertz CT molecular complexity index is 1060. The van der Waals surface area contributed by atoms with Crippen molar-refractivity contribution in [2.75, 3.05) is 11.1 Å². The number of halogens is 1. The van der Waals surface area contributed by atoms with E-state index in [9.17, 15) is 4.79 Å². The molecule has 1 atom stereocenters. The summed E-state index contributed by atoms with van der Waals surface area (Å²) in [6, 6.07) is 13.2. The molecule has 0 aliphatic heterocycles. The van der Waals surface area contributed by atoms with Gasteiger partial charge >= 0.3 is 0 Å². The Morgan fingerprint density at radius 1 is 1.26 bits per heavy atom. The van der Waals surface area contributed by atoms with Crippen LogP contribution in [-0.4, -0.2) is 26.4 Å². The van der Waals surface area contributed by atoms with Crippen molar-refractivity contribution < 1.29 is 9.53 Å². The summed E-state index contributed by atoms with van der Waals surface area (Å²) >= 11 is 7.52. The van der Waals surface area contributed by atoms with Crippen LogP contribution in [0.25, 0.3) is 0 Å². The van der Waals surface area contributed by atoms with Crippen molar-refractivity contribution in [2.45, 2.75) is 38.6 Å². The third-order valence-electron chi connectivity index (χ3n) is 4.40. The first-order valence-electron chi connectivity index (χ1n) is 9.83. The second-order valence-electron chi connectivity index (χ2n) is 7.14. The first kappa shape index (κ1) is 22.9. The Kier molecular flexibility index (Phi) is 7.76. The SMILES string of the molecule is C=CCn1c(SCC(=O)Nc2cc(C)cc(C)c2)nnc1C(C)Oc1ccccc1Cl. The molecule has 0 aliphatic carbocycles. The van der Waals surface area contributed by atoms with Gasteiger partial charge in [-0.1, -0.05) is 47.6 Å². The Hall–Kier alpha value is -2.77. The quantitative estimate of drug-likeness (QED) is 0.335. The minimum Gasteiger partial charge on any atom is -0.481 e. The fourth-order valence-corrected chi connectivity index (χ4v) is 4.10. The molecule has 1 heterocycles. The topological polar surface area (TPSA) is 69.0 Å². The zero-order valence-electron chi connectivity index (χ0n) is 17.8.